The highest BCUT2D eigenvalue weighted by molar-refractivity contribution is 7.22. The number of benzene rings is 1. The van der Waals surface area contributed by atoms with Gasteiger partial charge in [0.2, 0.25) is 11.8 Å². The predicted octanol–water partition coefficient (Wildman–Crippen LogP) is 1.99. The zero-order valence-corrected chi connectivity index (χ0v) is 14.0. The molecule has 25 heavy (non-hydrogen) atoms. The molecular weight excluding hydrogens is 361 g/mol. The van der Waals surface area contributed by atoms with Crippen LogP contribution in [0.15, 0.2) is 18.2 Å². The maximum Gasteiger partial charge on any atom is 0.573 e. The van der Waals surface area contributed by atoms with Gasteiger partial charge in [0.1, 0.15) is 11.8 Å². The maximum atomic E-state index is 12.2. The van der Waals surface area contributed by atoms with Crippen molar-refractivity contribution in [1.29, 1.82) is 0 Å². The van der Waals surface area contributed by atoms with Gasteiger partial charge in [0.25, 0.3) is 0 Å². The number of hydrogen-bond donors (Lipinski definition) is 3. The summed E-state index contributed by atoms with van der Waals surface area (Å²) in [5, 5.41) is 5.10. The van der Waals surface area contributed by atoms with Gasteiger partial charge in [-0.2, -0.15) is 0 Å². The molecule has 2 atom stereocenters. The van der Waals surface area contributed by atoms with Crippen molar-refractivity contribution < 1.29 is 27.5 Å². The Hall–Kier alpha value is -2.40. The Labute approximate surface area is 144 Å². The van der Waals surface area contributed by atoms with Gasteiger partial charge in [-0.25, -0.2) is 4.98 Å². The molecule has 0 aliphatic rings. The molecule has 1 aromatic heterocycles. The molecule has 11 heteroatoms. The minimum Gasteiger partial charge on any atom is -0.406 e. The fraction of sp³-hybridized carbons (Fsp3) is 0.357. The number of rotatable bonds is 5. The SMILES string of the molecule is C[C@H](NC(=O)[C@@H](C)N)C(=O)Nc1nc2ccc(OC(F)(F)F)cc2s1. The van der Waals surface area contributed by atoms with Gasteiger partial charge in [-0.3, -0.25) is 9.59 Å². The lowest BCUT2D eigenvalue weighted by Gasteiger charge is -2.14. The predicted molar refractivity (Wildman–Crippen MR) is 86.2 cm³/mol. The Morgan fingerprint density at radius 3 is 2.56 bits per heavy atom. The number of carbonyl (C=O) groups is 2. The highest BCUT2D eigenvalue weighted by Crippen LogP contribution is 2.31. The molecule has 2 amide bonds. The molecule has 7 nitrogen and oxygen atoms in total. The van der Waals surface area contributed by atoms with Crippen LogP contribution >= 0.6 is 11.3 Å². The third kappa shape index (κ3) is 5.29. The Kier molecular flexibility index (Phi) is 5.48. The fourth-order valence-corrected chi connectivity index (χ4v) is 2.68. The van der Waals surface area contributed by atoms with Gasteiger partial charge in [0.05, 0.1) is 16.3 Å². The largest absolute Gasteiger partial charge is 0.573 e. The molecular formula is C14H15F3N4O3S. The second kappa shape index (κ2) is 7.23. The molecule has 2 rings (SSSR count). The van der Waals surface area contributed by atoms with Crippen molar-refractivity contribution in [2.24, 2.45) is 5.73 Å². The molecule has 0 radical (unpaired) electrons. The zero-order chi connectivity index (χ0) is 18.8. The van der Waals surface area contributed by atoms with Crippen LogP contribution in [0.5, 0.6) is 5.75 Å². The average Bonchev–Trinajstić information content (AvgIpc) is 2.86. The van der Waals surface area contributed by atoms with Crippen LogP contribution in [0.3, 0.4) is 0 Å². The van der Waals surface area contributed by atoms with E-state index in [1.54, 1.807) is 0 Å². The topological polar surface area (TPSA) is 106 Å². The summed E-state index contributed by atoms with van der Waals surface area (Å²) in [6.45, 7) is 2.95. The van der Waals surface area contributed by atoms with E-state index in [4.69, 9.17) is 5.73 Å². The first-order chi connectivity index (χ1) is 11.5. The van der Waals surface area contributed by atoms with Crippen molar-refractivity contribution in [2.45, 2.75) is 32.3 Å². The van der Waals surface area contributed by atoms with Crippen molar-refractivity contribution in [3.63, 3.8) is 0 Å². The summed E-state index contributed by atoms with van der Waals surface area (Å²) in [6, 6.07) is 2.05. The summed E-state index contributed by atoms with van der Waals surface area (Å²) in [4.78, 5) is 27.6. The van der Waals surface area contributed by atoms with Gasteiger partial charge >= 0.3 is 6.36 Å². The van der Waals surface area contributed by atoms with Crippen molar-refractivity contribution in [3.8, 4) is 5.75 Å². The molecule has 1 aromatic carbocycles. The van der Waals surface area contributed by atoms with Crippen LogP contribution in [0.1, 0.15) is 13.8 Å². The lowest BCUT2D eigenvalue weighted by atomic mass is 10.2. The van der Waals surface area contributed by atoms with E-state index >= 15 is 0 Å². The van der Waals surface area contributed by atoms with E-state index in [1.807, 2.05) is 0 Å². The molecule has 0 aliphatic heterocycles. The van der Waals surface area contributed by atoms with Crippen molar-refractivity contribution in [3.05, 3.63) is 18.2 Å². The van der Waals surface area contributed by atoms with Gasteiger partial charge in [-0.1, -0.05) is 11.3 Å². The lowest BCUT2D eigenvalue weighted by molar-refractivity contribution is -0.274. The van der Waals surface area contributed by atoms with Crippen LogP contribution in [0.2, 0.25) is 0 Å². The first-order valence-corrected chi connectivity index (χ1v) is 7.90. The molecule has 1 heterocycles. The van der Waals surface area contributed by atoms with Crippen LogP contribution in [0.4, 0.5) is 18.3 Å². The maximum absolute atomic E-state index is 12.2. The summed E-state index contributed by atoms with van der Waals surface area (Å²) in [6.07, 6.45) is -4.79. The first-order valence-electron chi connectivity index (χ1n) is 7.08. The number of nitrogens with one attached hydrogen (secondary N) is 2. The van der Waals surface area contributed by atoms with E-state index in [0.717, 1.165) is 17.4 Å². The number of thiazole rings is 1. The summed E-state index contributed by atoms with van der Waals surface area (Å²) < 4.78 is 40.9. The average molecular weight is 376 g/mol. The number of alkyl halides is 3. The smallest absolute Gasteiger partial charge is 0.406 e. The molecule has 136 valence electrons. The first kappa shape index (κ1) is 18.9. The van der Waals surface area contributed by atoms with Gasteiger partial charge in [0.15, 0.2) is 5.13 Å². The molecule has 0 aliphatic carbocycles. The highest BCUT2D eigenvalue weighted by Gasteiger charge is 2.31. The second-order valence-electron chi connectivity index (χ2n) is 5.20. The Bertz CT molecular complexity index is 791. The Morgan fingerprint density at radius 2 is 1.96 bits per heavy atom. The van der Waals surface area contributed by atoms with Crippen LogP contribution in [-0.4, -0.2) is 35.2 Å². The Balaban J connectivity index is 2.08. The summed E-state index contributed by atoms with van der Waals surface area (Å²) in [5.41, 5.74) is 5.80. The third-order valence-electron chi connectivity index (χ3n) is 2.99. The number of hydrogen-bond acceptors (Lipinski definition) is 6. The molecule has 0 bridgehead atoms. The van der Waals surface area contributed by atoms with E-state index in [-0.39, 0.29) is 10.9 Å². The third-order valence-corrected chi connectivity index (χ3v) is 3.92. The van der Waals surface area contributed by atoms with Crippen LogP contribution in [0, 0.1) is 0 Å². The second-order valence-corrected chi connectivity index (χ2v) is 6.24. The molecule has 2 aromatic rings. The van der Waals surface area contributed by atoms with Crippen LogP contribution in [0.25, 0.3) is 10.2 Å². The van der Waals surface area contributed by atoms with E-state index in [2.05, 4.69) is 20.4 Å². The monoisotopic (exact) mass is 376 g/mol. The Morgan fingerprint density at radius 1 is 1.28 bits per heavy atom. The van der Waals surface area contributed by atoms with E-state index < -0.39 is 30.3 Å². The number of ether oxygens (including phenoxy) is 1. The molecule has 0 saturated carbocycles. The van der Waals surface area contributed by atoms with E-state index in [1.165, 1.54) is 26.0 Å². The molecule has 0 fully saturated rings. The molecule has 0 spiro atoms. The minimum absolute atomic E-state index is 0.186. The van der Waals surface area contributed by atoms with Crippen LogP contribution < -0.4 is 21.1 Å². The zero-order valence-electron chi connectivity index (χ0n) is 13.2. The number of carbonyl (C=O) groups excluding carboxylic acids is 2. The number of amides is 2. The normalized spacial score (nSPS) is 14.0. The van der Waals surface area contributed by atoms with Crippen LogP contribution in [-0.2, 0) is 9.59 Å². The standard InChI is InChI=1S/C14H15F3N4O3S/c1-6(18)11(22)19-7(2)12(23)21-13-20-9-4-3-8(5-10(9)25-13)24-14(15,16)17/h3-7H,18H2,1-2H3,(H,19,22)(H,20,21,23)/t6-,7+/m1/s1. The number of nitrogens with zero attached hydrogens (tertiary/aromatic N) is 1. The quantitative estimate of drug-likeness (QED) is 0.740. The van der Waals surface area contributed by atoms with Crippen molar-refractivity contribution >= 4 is 38.5 Å². The number of fused-ring (bicyclic) bond motifs is 1. The van der Waals surface area contributed by atoms with E-state index in [0.29, 0.717) is 10.2 Å². The van der Waals surface area contributed by atoms with Crippen molar-refractivity contribution in [2.75, 3.05) is 5.32 Å². The lowest BCUT2D eigenvalue weighted by Crippen LogP contribution is -2.47. The number of anilines is 1. The van der Waals surface area contributed by atoms with E-state index in [9.17, 15) is 22.8 Å². The van der Waals surface area contributed by atoms with Gasteiger partial charge in [-0.15, -0.1) is 13.2 Å². The molecule has 4 N–H and O–H groups in total. The molecule has 0 saturated heterocycles. The summed E-state index contributed by atoms with van der Waals surface area (Å²) in [5.74, 6) is -1.39. The highest BCUT2D eigenvalue weighted by atomic mass is 32.1. The van der Waals surface area contributed by atoms with Gasteiger partial charge in [0, 0.05) is 6.07 Å². The minimum atomic E-state index is -4.79. The number of nitrogens with two attached hydrogens (primary N) is 1. The fourth-order valence-electron chi connectivity index (χ4n) is 1.78. The van der Waals surface area contributed by atoms with Gasteiger partial charge < -0.3 is 21.1 Å². The molecule has 0 unspecified atom stereocenters. The number of aromatic nitrogens is 1. The summed E-state index contributed by atoms with van der Waals surface area (Å²) in [7, 11) is 0. The van der Waals surface area contributed by atoms with Crippen molar-refractivity contribution in [1.82, 2.24) is 10.3 Å². The summed E-state index contributed by atoms with van der Waals surface area (Å²) >= 11 is 0.981. The number of halogens is 3. The van der Waals surface area contributed by atoms with Gasteiger partial charge in [-0.05, 0) is 26.0 Å².